The Kier molecular flexibility index (Phi) is 2.61. The highest BCUT2D eigenvalue weighted by Crippen LogP contribution is 2.09. The first-order valence-electron chi connectivity index (χ1n) is 3.68. The largest absolute Gasteiger partial charge is 0.178 e. The van der Waals surface area contributed by atoms with Crippen molar-refractivity contribution in [1.82, 2.24) is 0 Å². The SMILES string of the molecule is CC(C)(Cl)[B]c1ccccc1. The van der Waals surface area contributed by atoms with E-state index in [2.05, 4.69) is 0 Å². The normalized spacial score (nSPS) is 11.2. The van der Waals surface area contributed by atoms with E-state index in [4.69, 9.17) is 11.6 Å². The molecule has 57 valence electrons. The van der Waals surface area contributed by atoms with E-state index in [1.165, 1.54) is 5.46 Å². The van der Waals surface area contributed by atoms with Gasteiger partial charge in [0.05, 0.1) is 0 Å². The number of rotatable bonds is 2. The quantitative estimate of drug-likeness (QED) is 0.464. The molecule has 0 aromatic heterocycles. The predicted molar refractivity (Wildman–Crippen MR) is 51.8 cm³/mol. The lowest BCUT2D eigenvalue weighted by Gasteiger charge is -2.13. The van der Waals surface area contributed by atoms with Crippen molar-refractivity contribution in [2.45, 2.75) is 18.6 Å². The number of benzene rings is 1. The number of alkyl halides is 1. The zero-order chi connectivity index (χ0) is 8.32. The van der Waals surface area contributed by atoms with Crippen LogP contribution >= 0.6 is 11.6 Å². The third-order valence-electron chi connectivity index (χ3n) is 1.31. The van der Waals surface area contributed by atoms with Gasteiger partial charge in [0.25, 0.3) is 0 Å². The Morgan fingerprint density at radius 1 is 1.18 bits per heavy atom. The third-order valence-corrected chi connectivity index (χ3v) is 1.42. The van der Waals surface area contributed by atoms with E-state index in [0.717, 1.165) is 0 Å². The Morgan fingerprint density at radius 2 is 1.73 bits per heavy atom. The molecular weight excluding hydrogens is 154 g/mol. The van der Waals surface area contributed by atoms with Crippen LogP contribution in [0.2, 0.25) is 0 Å². The molecule has 0 aliphatic carbocycles. The summed E-state index contributed by atoms with van der Waals surface area (Å²) in [5, 5.41) is 0. The van der Waals surface area contributed by atoms with E-state index in [-0.39, 0.29) is 4.77 Å². The van der Waals surface area contributed by atoms with Crippen LogP contribution in [0, 0.1) is 0 Å². The Hall–Kier alpha value is -0.425. The van der Waals surface area contributed by atoms with Gasteiger partial charge in [-0.2, -0.15) is 0 Å². The summed E-state index contributed by atoms with van der Waals surface area (Å²) in [6, 6.07) is 10.1. The van der Waals surface area contributed by atoms with Crippen LogP contribution in [0.5, 0.6) is 0 Å². The van der Waals surface area contributed by atoms with Crippen LogP contribution in [-0.2, 0) is 0 Å². The van der Waals surface area contributed by atoms with E-state index in [1.54, 1.807) is 0 Å². The summed E-state index contributed by atoms with van der Waals surface area (Å²) >= 11 is 6.01. The van der Waals surface area contributed by atoms with Crippen LogP contribution in [0.3, 0.4) is 0 Å². The molecule has 0 amide bonds. The molecular formula is C9H11BCl. The molecule has 0 saturated carbocycles. The molecule has 1 aromatic carbocycles. The number of hydrogen-bond acceptors (Lipinski definition) is 0. The summed E-state index contributed by atoms with van der Waals surface area (Å²) in [7, 11) is 2.04. The summed E-state index contributed by atoms with van der Waals surface area (Å²) in [5.74, 6) is 0. The molecule has 0 unspecified atom stereocenters. The Balaban J connectivity index is 2.66. The van der Waals surface area contributed by atoms with Gasteiger partial charge in [0.1, 0.15) is 0 Å². The lowest BCUT2D eigenvalue weighted by atomic mass is 9.60. The van der Waals surface area contributed by atoms with Gasteiger partial charge in [-0.25, -0.2) is 0 Å². The lowest BCUT2D eigenvalue weighted by Crippen LogP contribution is -2.31. The van der Waals surface area contributed by atoms with Crippen LogP contribution in [0.15, 0.2) is 30.3 Å². The molecule has 1 aromatic rings. The van der Waals surface area contributed by atoms with Crippen molar-refractivity contribution < 1.29 is 0 Å². The van der Waals surface area contributed by atoms with Gasteiger partial charge in [-0.05, 0) is 0 Å². The average Bonchev–Trinajstić information content (AvgIpc) is 1.85. The lowest BCUT2D eigenvalue weighted by molar-refractivity contribution is 0.983. The summed E-state index contributed by atoms with van der Waals surface area (Å²) in [4.78, 5) is 0. The topological polar surface area (TPSA) is 0 Å². The fourth-order valence-corrected chi connectivity index (χ4v) is 1.07. The second-order valence-electron chi connectivity index (χ2n) is 3.12. The van der Waals surface area contributed by atoms with Crippen molar-refractivity contribution in [3.63, 3.8) is 0 Å². The molecule has 0 bridgehead atoms. The van der Waals surface area contributed by atoms with Gasteiger partial charge in [-0.15, -0.1) is 11.6 Å². The zero-order valence-electron chi connectivity index (χ0n) is 6.84. The predicted octanol–water partition coefficient (Wildman–Crippen LogP) is 1.99. The first-order chi connectivity index (χ1) is 5.08. The molecule has 0 fully saturated rings. The molecule has 0 spiro atoms. The standard InChI is InChI=1S/C9H11BCl/c1-9(2,11)10-8-6-4-3-5-7-8/h3-7H,1-2H3. The summed E-state index contributed by atoms with van der Waals surface area (Å²) < 4.78 is -0.249. The molecule has 2 heteroatoms. The van der Waals surface area contributed by atoms with Crippen molar-refractivity contribution in [2.75, 3.05) is 0 Å². The zero-order valence-corrected chi connectivity index (χ0v) is 7.60. The van der Waals surface area contributed by atoms with Crippen LogP contribution in [0.1, 0.15) is 13.8 Å². The molecule has 0 N–H and O–H groups in total. The number of halogens is 1. The van der Waals surface area contributed by atoms with Gasteiger partial charge in [-0.1, -0.05) is 49.6 Å². The Labute approximate surface area is 73.8 Å². The van der Waals surface area contributed by atoms with Gasteiger partial charge >= 0.3 is 0 Å². The van der Waals surface area contributed by atoms with Crippen LogP contribution in [0.4, 0.5) is 0 Å². The molecule has 11 heavy (non-hydrogen) atoms. The van der Waals surface area contributed by atoms with Crippen molar-refractivity contribution in [3.05, 3.63) is 30.3 Å². The first-order valence-corrected chi connectivity index (χ1v) is 4.05. The molecule has 1 rings (SSSR count). The van der Waals surface area contributed by atoms with Gasteiger partial charge in [0.15, 0.2) is 7.28 Å². The van der Waals surface area contributed by atoms with E-state index < -0.39 is 0 Å². The molecule has 0 heterocycles. The molecule has 0 aliphatic heterocycles. The minimum absolute atomic E-state index is 0.249. The first kappa shape index (κ1) is 8.67. The Bertz CT molecular complexity index is 213. The smallest absolute Gasteiger partial charge is 0.129 e. The van der Waals surface area contributed by atoms with E-state index in [1.807, 2.05) is 51.5 Å². The van der Waals surface area contributed by atoms with Crippen molar-refractivity contribution in [3.8, 4) is 0 Å². The van der Waals surface area contributed by atoms with Gasteiger partial charge in [-0.3, -0.25) is 0 Å². The highest BCUT2D eigenvalue weighted by Gasteiger charge is 2.15. The second-order valence-corrected chi connectivity index (χ2v) is 4.09. The van der Waals surface area contributed by atoms with Crippen molar-refractivity contribution >= 4 is 24.3 Å². The summed E-state index contributed by atoms with van der Waals surface area (Å²) in [5.41, 5.74) is 1.17. The van der Waals surface area contributed by atoms with Crippen LogP contribution < -0.4 is 5.46 Å². The fraction of sp³-hybridized carbons (Fsp3) is 0.333. The third kappa shape index (κ3) is 3.47. The second kappa shape index (κ2) is 3.31. The highest BCUT2D eigenvalue weighted by atomic mass is 35.5. The van der Waals surface area contributed by atoms with E-state index in [9.17, 15) is 0 Å². The van der Waals surface area contributed by atoms with E-state index in [0.29, 0.717) is 0 Å². The maximum Gasteiger partial charge on any atom is 0.178 e. The molecule has 0 nitrogen and oxygen atoms in total. The van der Waals surface area contributed by atoms with Gasteiger partial charge < -0.3 is 0 Å². The van der Waals surface area contributed by atoms with Crippen molar-refractivity contribution in [1.29, 1.82) is 0 Å². The Morgan fingerprint density at radius 3 is 2.18 bits per heavy atom. The molecule has 1 radical (unpaired) electrons. The summed E-state index contributed by atoms with van der Waals surface area (Å²) in [6.07, 6.45) is 0. The molecule has 0 saturated heterocycles. The molecule has 0 aliphatic rings. The maximum absolute atomic E-state index is 6.01. The van der Waals surface area contributed by atoms with Gasteiger partial charge in [0.2, 0.25) is 0 Å². The summed E-state index contributed by atoms with van der Waals surface area (Å²) in [6.45, 7) is 3.95. The van der Waals surface area contributed by atoms with Crippen LogP contribution in [0.25, 0.3) is 0 Å². The maximum atomic E-state index is 6.01. The highest BCUT2D eigenvalue weighted by molar-refractivity contribution is 6.66. The van der Waals surface area contributed by atoms with Crippen molar-refractivity contribution in [2.24, 2.45) is 0 Å². The minimum Gasteiger partial charge on any atom is -0.129 e. The van der Waals surface area contributed by atoms with E-state index >= 15 is 0 Å². The van der Waals surface area contributed by atoms with Crippen LogP contribution in [-0.4, -0.2) is 12.1 Å². The fourth-order valence-electron chi connectivity index (χ4n) is 0.946. The monoisotopic (exact) mass is 165 g/mol. The number of hydrogen-bond donors (Lipinski definition) is 0. The minimum atomic E-state index is -0.249. The van der Waals surface area contributed by atoms with Gasteiger partial charge in [0, 0.05) is 4.77 Å². The average molecular weight is 165 g/mol. The molecule has 0 atom stereocenters.